The molecule has 110 valence electrons. The third-order valence-corrected chi connectivity index (χ3v) is 3.19. The van der Waals surface area contributed by atoms with Crippen molar-refractivity contribution in [3.8, 4) is 0 Å². The monoisotopic (exact) mass is 287 g/mol. The van der Waals surface area contributed by atoms with Crippen LogP contribution >= 0.6 is 0 Å². The van der Waals surface area contributed by atoms with E-state index < -0.39 is 5.97 Å². The largest absolute Gasteiger partial charge is 0.478 e. The van der Waals surface area contributed by atoms with E-state index in [4.69, 9.17) is 0 Å². The molecule has 0 aliphatic rings. The SMILES string of the molecule is CCn1cc(C)c(C(=O)O)c1CC(=O)Nc1ccccn1. The minimum absolute atomic E-state index is 0.000111. The van der Waals surface area contributed by atoms with Gasteiger partial charge in [-0.2, -0.15) is 0 Å². The first-order chi connectivity index (χ1) is 10.0. The van der Waals surface area contributed by atoms with Gasteiger partial charge in [0, 0.05) is 24.6 Å². The number of carbonyl (C=O) groups is 2. The van der Waals surface area contributed by atoms with Gasteiger partial charge >= 0.3 is 5.97 Å². The van der Waals surface area contributed by atoms with Crippen molar-refractivity contribution in [2.45, 2.75) is 26.8 Å². The normalized spacial score (nSPS) is 10.4. The lowest BCUT2D eigenvalue weighted by Gasteiger charge is -2.08. The van der Waals surface area contributed by atoms with Crippen molar-refractivity contribution in [1.29, 1.82) is 0 Å². The number of anilines is 1. The molecule has 0 spiro atoms. The summed E-state index contributed by atoms with van der Waals surface area (Å²) in [5.41, 5.74) is 1.37. The second-order valence-corrected chi connectivity index (χ2v) is 4.66. The highest BCUT2D eigenvalue weighted by atomic mass is 16.4. The fourth-order valence-electron chi connectivity index (χ4n) is 2.29. The van der Waals surface area contributed by atoms with E-state index >= 15 is 0 Å². The second-order valence-electron chi connectivity index (χ2n) is 4.66. The molecule has 0 bridgehead atoms. The first-order valence-electron chi connectivity index (χ1n) is 6.65. The molecule has 0 atom stereocenters. The van der Waals surface area contributed by atoms with Crippen LogP contribution in [0.3, 0.4) is 0 Å². The van der Waals surface area contributed by atoms with Crippen LogP contribution in [0.5, 0.6) is 0 Å². The van der Waals surface area contributed by atoms with Crippen LogP contribution in [0.25, 0.3) is 0 Å². The molecule has 0 aliphatic carbocycles. The van der Waals surface area contributed by atoms with Crippen LogP contribution < -0.4 is 5.32 Å². The number of pyridine rings is 1. The molecule has 0 fully saturated rings. The molecule has 2 rings (SSSR count). The number of carboxylic acid groups (broad SMARTS) is 1. The topological polar surface area (TPSA) is 84.2 Å². The molecule has 0 unspecified atom stereocenters. The number of hydrogen-bond acceptors (Lipinski definition) is 3. The van der Waals surface area contributed by atoms with Gasteiger partial charge in [0.1, 0.15) is 5.82 Å². The Morgan fingerprint density at radius 1 is 1.38 bits per heavy atom. The molecule has 0 saturated heterocycles. The van der Waals surface area contributed by atoms with E-state index in [9.17, 15) is 14.7 Å². The first kappa shape index (κ1) is 14.8. The second kappa shape index (κ2) is 6.21. The van der Waals surface area contributed by atoms with Crippen molar-refractivity contribution in [3.63, 3.8) is 0 Å². The lowest BCUT2D eigenvalue weighted by atomic mass is 10.1. The van der Waals surface area contributed by atoms with Gasteiger partial charge in [-0.05, 0) is 31.5 Å². The molecule has 0 saturated carbocycles. The number of hydrogen-bond donors (Lipinski definition) is 2. The molecule has 2 N–H and O–H groups in total. The summed E-state index contributed by atoms with van der Waals surface area (Å²) in [6.07, 6.45) is 3.34. The van der Waals surface area contributed by atoms with Crippen molar-refractivity contribution in [1.82, 2.24) is 9.55 Å². The number of nitrogens with zero attached hydrogens (tertiary/aromatic N) is 2. The molecule has 6 nitrogen and oxygen atoms in total. The predicted octanol–water partition coefficient (Wildman–Crippen LogP) is 2.09. The highest BCUT2D eigenvalue weighted by molar-refractivity contribution is 5.96. The minimum atomic E-state index is -1.01. The van der Waals surface area contributed by atoms with Crippen LogP contribution in [0.4, 0.5) is 5.82 Å². The Bertz CT molecular complexity index is 662. The summed E-state index contributed by atoms with van der Waals surface area (Å²) in [5.74, 6) is -0.852. The number of amides is 1. The Balaban J connectivity index is 2.22. The Morgan fingerprint density at radius 3 is 2.71 bits per heavy atom. The summed E-state index contributed by atoms with van der Waals surface area (Å²) in [6, 6.07) is 5.20. The summed E-state index contributed by atoms with van der Waals surface area (Å²) in [5, 5.41) is 12.0. The maximum Gasteiger partial charge on any atom is 0.337 e. The van der Waals surface area contributed by atoms with E-state index in [1.807, 2.05) is 6.92 Å². The van der Waals surface area contributed by atoms with Crippen molar-refractivity contribution >= 4 is 17.7 Å². The number of aromatic nitrogens is 2. The summed E-state index contributed by atoms with van der Waals surface area (Å²) in [6.45, 7) is 4.25. The van der Waals surface area contributed by atoms with Gasteiger partial charge in [0.2, 0.25) is 5.91 Å². The molecule has 2 aromatic rings. The summed E-state index contributed by atoms with van der Waals surface area (Å²) >= 11 is 0. The van der Waals surface area contributed by atoms with Crippen molar-refractivity contribution < 1.29 is 14.7 Å². The fourth-order valence-corrected chi connectivity index (χ4v) is 2.29. The summed E-state index contributed by atoms with van der Waals surface area (Å²) in [4.78, 5) is 27.4. The number of carboxylic acids is 1. The smallest absolute Gasteiger partial charge is 0.337 e. The third-order valence-electron chi connectivity index (χ3n) is 3.19. The van der Waals surface area contributed by atoms with Gasteiger partial charge in [-0.25, -0.2) is 9.78 Å². The predicted molar refractivity (Wildman–Crippen MR) is 78.4 cm³/mol. The average Bonchev–Trinajstić information content (AvgIpc) is 2.75. The summed E-state index contributed by atoms with van der Waals surface area (Å²) < 4.78 is 1.79. The van der Waals surface area contributed by atoms with E-state index in [-0.39, 0.29) is 17.9 Å². The van der Waals surface area contributed by atoms with Crippen molar-refractivity contribution in [2.24, 2.45) is 0 Å². The number of aryl methyl sites for hydroxylation is 2. The number of carbonyl (C=O) groups excluding carboxylic acids is 1. The third kappa shape index (κ3) is 3.28. The zero-order chi connectivity index (χ0) is 15.4. The van der Waals surface area contributed by atoms with Gasteiger partial charge < -0.3 is 15.0 Å². The molecule has 0 aliphatic heterocycles. The standard InChI is InChI=1S/C15H17N3O3/c1-3-18-9-10(2)14(15(20)21)11(18)8-13(19)17-12-6-4-5-7-16-12/h4-7,9H,3,8H2,1-2H3,(H,20,21)(H,16,17,19). The molecular formula is C15H17N3O3. The number of rotatable bonds is 5. The Kier molecular flexibility index (Phi) is 4.37. The summed E-state index contributed by atoms with van der Waals surface area (Å²) in [7, 11) is 0. The van der Waals surface area contributed by atoms with E-state index in [1.165, 1.54) is 0 Å². The van der Waals surface area contributed by atoms with Gasteiger partial charge in [-0.1, -0.05) is 6.07 Å². The van der Waals surface area contributed by atoms with Crippen LogP contribution in [0.15, 0.2) is 30.6 Å². The molecule has 0 aromatic carbocycles. The van der Waals surface area contributed by atoms with Gasteiger partial charge in [0.25, 0.3) is 0 Å². The molecule has 6 heteroatoms. The Morgan fingerprint density at radius 2 is 2.14 bits per heavy atom. The van der Waals surface area contributed by atoms with Crippen LogP contribution in [0, 0.1) is 6.92 Å². The van der Waals surface area contributed by atoms with Gasteiger partial charge in [0.05, 0.1) is 12.0 Å². The van der Waals surface area contributed by atoms with E-state index in [0.29, 0.717) is 23.6 Å². The Labute approximate surface area is 122 Å². The maximum atomic E-state index is 12.1. The van der Waals surface area contributed by atoms with E-state index in [2.05, 4.69) is 10.3 Å². The molecule has 2 heterocycles. The highest BCUT2D eigenvalue weighted by Gasteiger charge is 2.20. The molecule has 2 aromatic heterocycles. The van der Waals surface area contributed by atoms with Crippen molar-refractivity contribution in [2.75, 3.05) is 5.32 Å². The lowest BCUT2D eigenvalue weighted by Crippen LogP contribution is -2.19. The van der Waals surface area contributed by atoms with Crippen LogP contribution in [0.2, 0.25) is 0 Å². The van der Waals surface area contributed by atoms with Crippen LogP contribution in [-0.2, 0) is 17.8 Å². The molecular weight excluding hydrogens is 270 g/mol. The molecule has 21 heavy (non-hydrogen) atoms. The Hall–Kier alpha value is -2.63. The number of nitrogens with one attached hydrogen (secondary N) is 1. The molecule has 1 amide bonds. The zero-order valence-electron chi connectivity index (χ0n) is 12.0. The molecule has 0 radical (unpaired) electrons. The lowest BCUT2D eigenvalue weighted by molar-refractivity contribution is -0.115. The highest BCUT2D eigenvalue weighted by Crippen LogP contribution is 2.18. The zero-order valence-corrected chi connectivity index (χ0v) is 12.0. The quantitative estimate of drug-likeness (QED) is 0.882. The van der Waals surface area contributed by atoms with Gasteiger partial charge in [0.15, 0.2) is 0 Å². The maximum absolute atomic E-state index is 12.1. The van der Waals surface area contributed by atoms with E-state index in [0.717, 1.165) is 0 Å². The van der Waals surface area contributed by atoms with Crippen LogP contribution in [0.1, 0.15) is 28.5 Å². The first-order valence-corrected chi connectivity index (χ1v) is 6.65. The van der Waals surface area contributed by atoms with Crippen LogP contribution in [-0.4, -0.2) is 26.5 Å². The van der Waals surface area contributed by atoms with Crippen molar-refractivity contribution in [3.05, 3.63) is 47.4 Å². The van der Waals surface area contributed by atoms with Gasteiger partial charge in [-0.3, -0.25) is 4.79 Å². The van der Waals surface area contributed by atoms with Gasteiger partial charge in [-0.15, -0.1) is 0 Å². The number of aromatic carboxylic acids is 1. The van der Waals surface area contributed by atoms with E-state index in [1.54, 1.807) is 42.1 Å². The average molecular weight is 287 g/mol. The minimum Gasteiger partial charge on any atom is -0.478 e. The fraction of sp³-hybridized carbons (Fsp3) is 0.267.